The third-order valence-electron chi connectivity index (χ3n) is 4.28. The van der Waals surface area contributed by atoms with E-state index in [4.69, 9.17) is 10.9 Å². The molecule has 19 heavy (non-hydrogen) atoms. The third kappa shape index (κ3) is 3.37. The van der Waals surface area contributed by atoms with Gasteiger partial charge in [-0.1, -0.05) is 19.0 Å². The molecule has 4 N–H and O–H groups in total. The SMILES string of the molecule is CCC(CC)(C(=O)NCC1CCN(C)C1)C(N)=NO. The topological polar surface area (TPSA) is 91.0 Å². The number of oxime groups is 1. The first kappa shape index (κ1) is 15.8. The fraction of sp³-hybridized carbons (Fsp3) is 0.846. The summed E-state index contributed by atoms with van der Waals surface area (Å²) in [7, 11) is 2.08. The van der Waals surface area contributed by atoms with E-state index in [1.165, 1.54) is 0 Å². The minimum Gasteiger partial charge on any atom is -0.409 e. The average Bonchev–Trinajstić information content (AvgIpc) is 2.83. The Morgan fingerprint density at radius 1 is 1.53 bits per heavy atom. The summed E-state index contributed by atoms with van der Waals surface area (Å²) in [5, 5.41) is 14.9. The van der Waals surface area contributed by atoms with Gasteiger partial charge in [-0.05, 0) is 38.8 Å². The van der Waals surface area contributed by atoms with Gasteiger partial charge in [0.25, 0.3) is 0 Å². The van der Waals surface area contributed by atoms with E-state index in [-0.39, 0.29) is 11.7 Å². The van der Waals surface area contributed by atoms with Crippen molar-refractivity contribution in [3.63, 3.8) is 0 Å². The maximum atomic E-state index is 12.4. The summed E-state index contributed by atoms with van der Waals surface area (Å²) in [4.78, 5) is 14.6. The number of carbonyl (C=O) groups is 1. The third-order valence-corrected chi connectivity index (χ3v) is 4.28. The number of nitrogens with zero attached hydrogens (tertiary/aromatic N) is 2. The zero-order chi connectivity index (χ0) is 14.5. The van der Waals surface area contributed by atoms with Crippen LogP contribution in [-0.4, -0.2) is 48.5 Å². The molecule has 1 heterocycles. The van der Waals surface area contributed by atoms with E-state index in [0.717, 1.165) is 19.5 Å². The maximum Gasteiger partial charge on any atom is 0.233 e. The van der Waals surface area contributed by atoms with Gasteiger partial charge in [0.05, 0.1) is 0 Å². The molecule has 0 saturated carbocycles. The predicted octanol–water partition coefficient (Wildman–Crippen LogP) is 0.607. The second-order valence-corrected chi connectivity index (χ2v) is 5.40. The van der Waals surface area contributed by atoms with Gasteiger partial charge in [-0.3, -0.25) is 4.79 Å². The van der Waals surface area contributed by atoms with Gasteiger partial charge >= 0.3 is 0 Å². The summed E-state index contributed by atoms with van der Waals surface area (Å²) in [5.74, 6) is 0.355. The molecular formula is C13H26N4O2. The molecule has 1 aliphatic heterocycles. The van der Waals surface area contributed by atoms with Gasteiger partial charge in [0, 0.05) is 13.1 Å². The van der Waals surface area contributed by atoms with E-state index in [9.17, 15) is 4.79 Å². The van der Waals surface area contributed by atoms with Crippen LogP contribution in [0, 0.1) is 11.3 Å². The summed E-state index contributed by atoms with van der Waals surface area (Å²) >= 11 is 0. The van der Waals surface area contributed by atoms with Gasteiger partial charge in [0.15, 0.2) is 5.84 Å². The average molecular weight is 270 g/mol. The number of nitrogens with one attached hydrogen (secondary N) is 1. The smallest absolute Gasteiger partial charge is 0.233 e. The summed E-state index contributed by atoms with van der Waals surface area (Å²) in [6.45, 7) is 6.50. The number of amidine groups is 1. The highest BCUT2D eigenvalue weighted by Gasteiger charge is 2.39. The highest BCUT2D eigenvalue weighted by Crippen LogP contribution is 2.27. The molecule has 1 saturated heterocycles. The van der Waals surface area contributed by atoms with Crippen molar-refractivity contribution in [2.75, 3.05) is 26.7 Å². The number of nitrogens with two attached hydrogens (primary N) is 1. The number of likely N-dealkylation sites (tertiary alicyclic amines) is 1. The first-order valence-electron chi connectivity index (χ1n) is 6.95. The number of hydrogen-bond donors (Lipinski definition) is 3. The van der Waals surface area contributed by atoms with Crippen molar-refractivity contribution < 1.29 is 10.0 Å². The molecule has 1 fully saturated rings. The van der Waals surface area contributed by atoms with E-state index in [1.807, 2.05) is 13.8 Å². The molecule has 0 aromatic rings. The molecule has 1 atom stereocenters. The van der Waals surface area contributed by atoms with Gasteiger partial charge in [0.1, 0.15) is 5.41 Å². The van der Waals surface area contributed by atoms with Gasteiger partial charge in [-0.2, -0.15) is 0 Å². The Morgan fingerprint density at radius 2 is 2.16 bits per heavy atom. The molecule has 1 unspecified atom stereocenters. The Morgan fingerprint density at radius 3 is 2.58 bits per heavy atom. The van der Waals surface area contributed by atoms with Gasteiger partial charge in [0.2, 0.25) is 5.91 Å². The lowest BCUT2D eigenvalue weighted by atomic mass is 9.80. The first-order valence-corrected chi connectivity index (χ1v) is 6.95. The zero-order valence-corrected chi connectivity index (χ0v) is 12.1. The van der Waals surface area contributed by atoms with Crippen LogP contribution in [0.25, 0.3) is 0 Å². The van der Waals surface area contributed by atoms with E-state index < -0.39 is 5.41 Å². The van der Waals surface area contributed by atoms with Crippen LogP contribution in [-0.2, 0) is 4.79 Å². The monoisotopic (exact) mass is 270 g/mol. The second-order valence-electron chi connectivity index (χ2n) is 5.40. The molecule has 0 aromatic carbocycles. The molecule has 0 aromatic heterocycles. The zero-order valence-electron chi connectivity index (χ0n) is 12.1. The second kappa shape index (κ2) is 6.75. The number of rotatable bonds is 6. The summed E-state index contributed by atoms with van der Waals surface area (Å²) in [5.41, 5.74) is 4.82. The minimum absolute atomic E-state index is 0.00135. The van der Waals surface area contributed by atoms with Crippen molar-refractivity contribution >= 4 is 11.7 Å². The Hall–Kier alpha value is -1.30. The quantitative estimate of drug-likeness (QED) is 0.285. The Kier molecular flexibility index (Phi) is 5.60. The number of carbonyl (C=O) groups excluding carboxylic acids is 1. The van der Waals surface area contributed by atoms with Crippen LogP contribution < -0.4 is 11.1 Å². The molecule has 6 heteroatoms. The largest absolute Gasteiger partial charge is 0.409 e. The Labute approximate surface area is 115 Å². The number of amides is 1. The Balaban J connectivity index is 2.63. The summed E-state index contributed by atoms with van der Waals surface area (Å²) in [6, 6.07) is 0. The van der Waals surface area contributed by atoms with Crippen molar-refractivity contribution in [3.05, 3.63) is 0 Å². The lowest BCUT2D eigenvalue weighted by molar-refractivity contribution is -0.128. The van der Waals surface area contributed by atoms with Crippen LogP contribution in [0.5, 0.6) is 0 Å². The van der Waals surface area contributed by atoms with Crippen molar-refractivity contribution in [2.45, 2.75) is 33.1 Å². The molecule has 0 spiro atoms. The lowest BCUT2D eigenvalue weighted by Gasteiger charge is -2.29. The van der Waals surface area contributed by atoms with Crippen LogP contribution in [0.3, 0.4) is 0 Å². The van der Waals surface area contributed by atoms with Crippen LogP contribution in [0.1, 0.15) is 33.1 Å². The van der Waals surface area contributed by atoms with E-state index in [2.05, 4.69) is 22.4 Å². The molecular weight excluding hydrogens is 244 g/mol. The van der Waals surface area contributed by atoms with Crippen molar-refractivity contribution in [2.24, 2.45) is 22.2 Å². The van der Waals surface area contributed by atoms with Crippen molar-refractivity contribution in [3.8, 4) is 0 Å². The normalized spacial score (nSPS) is 21.6. The highest BCUT2D eigenvalue weighted by molar-refractivity contribution is 6.06. The van der Waals surface area contributed by atoms with Crippen LogP contribution in [0.15, 0.2) is 5.16 Å². The Bertz CT molecular complexity index is 340. The maximum absolute atomic E-state index is 12.4. The molecule has 110 valence electrons. The van der Waals surface area contributed by atoms with Gasteiger partial charge in [-0.15, -0.1) is 0 Å². The van der Waals surface area contributed by atoms with Crippen molar-refractivity contribution in [1.29, 1.82) is 0 Å². The lowest BCUT2D eigenvalue weighted by Crippen LogP contribution is -2.50. The highest BCUT2D eigenvalue weighted by atomic mass is 16.4. The summed E-state index contributed by atoms with van der Waals surface area (Å²) in [6.07, 6.45) is 2.15. The van der Waals surface area contributed by atoms with E-state index >= 15 is 0 Å². The van der Waals surface area contributed by atoms with Crippen molar-refractivity contribution in [1.82, 2.24) is 10.2 Å². The standard InChI is InChI=1S/C13H26N4O2/c1-4-13(5-2,11(14)16-19)12(18)15-8-10-6-7-17(3)9-10/h10,19H,4-9H2,1-3H3,(H2,14,16)(H,15,18). The molecule has 1 amide bonds. The number of hydrogen-bond acceptors (Lipinski definition) is 4. The molecule has 1 rings (SSSR count). The fourth-order valence-corrected chi connectivity index (χ4v) is 2.74. The molecule has 0 radical (unpaired) electrons. The molecule has 0 bridgehead atoms. The van der Waals surface area contributed by atoms with Crippen LogP contribution in [0.4, 0.5) is 0 Å². The van der Waals surface area contributed by atoms with Crippen LogP contribution in [0.2, 0.25) is 0 Å². The predicted molar refractivity (Wildman–Crippen MR) is 75.0 cm³/mol. The first-order chi connectivity index (χ1) is 9.00. The molecule has 0 aliphatic carbocycles. The molecule has 1 aliphatic rings. The minimum atomic E-state index is -0.890. The van der Waals surface area contributed by atoms with Gasteiger partial charge < -0.3 is 21.2 Å². The van der Waals surface area contributed by atoms with Gasteiger partial charge in [-0.25, -0.2) is 0 Å². The van der Waals surface area contributed by atoms with Crippen LogP contribution >= 0.6 is 0 Å². The fourth-order valence-electron chi connectivity index (χ4n) is 2.74. The molecule has 6 nitrogen and oxygen atoms in total. The summed E-state index contributed by atoms with van der Waals surface area (Å²) < 4.78 is 0. The van der Waals surface area contributed by atoms with E-state index in [1.54, 1.807) is 0 Å². The van der Waals surface area contributed by atoms with E-state index in [0.29, 0.717) is 25.3 Å².